The van der Waals surface area contributed by atoms with Crippen molar-refractivity contribution >= 4 is 0 Å². The van der Waals surface area contributed by atoms with E-state index >= 15 is 0 Å². The maximum Gasteiger partial charge on any atom is -0.00124 e. The summed E-state index contributed by atoms with van der Waals surface area (Å²) in [6.07, 6.45) is 13.6. The molecule has 3 unspecified atom stereocenters. The van der Waals surface area contributed by atoms with Crippen LogP contribution in [0, 0.1) is 29.1 Å². The van der Waals surface area contributed by atoms with Crippen molar-refractivity contribution in [1.82, 2.24) is 5.32 Å². The minimum atomic E-state index is 0.715. The molecule has 0 aromatic rings. The molecular weight excluding hydrogens is 230 g/mol. The Morgan fingerprint density at radius 1 is 0.947 bits per heavy atom. The van der Waals surface area contributed by atoms with Crippen molar-refractivity contribution in [3.8, 4) is 0 Å². The van der Waals surface area contributed by atoms with Crippen LogP contribution in [0.25, 0.3) is 0 Å². The first kappa shape index (κ1) is 13.9. The van der Waals surface area contributed by atoms with Gasteiger partial charge in [0.15, 0.2) is 0 Å². The quantitative estimate of drug-likeness (QED) is 0.766. The van der Waals surface area contributed by atoms with Crippen LogP contribution in [0.5, 0.6) is 0 Å². The van der Waals surface area contributed by atoms with Gasteiger partial charge in [0, 0.05) is 0 Å². The summed E-state index contributed by atoms with van der Waals surface area (Å²) in [5.41, 5.74) is 0.715. The van der Waals surface area contributed by atoms with E-state index in [1.54, 1.807) is 6.42 Å². The van der Waals surface area contributed by atoms with E-state index in [0.29, 0.717) is 5.41 Å². The lowest BCUT2D eigenvalue weighted by Gasteiger charge is -2.55. The second-order valence-corrected chi connectivity index (χ2v) is 7.93. The normalized spacial score (nSPS) is 41.2. The molecule has 0 aromatic carbocycles. The molecule has 0 aromatic heterocycles. The van der Waals surface area contributed by atoms with Crippen LogP contribution in [-0.4, -0.2) is 13.1 Å². The zero-order valence-electron chi connectivity index (χ0n) is 13.1. The number of hydrogen-bond donors (Lipinski definition) is 1. The average molecular weight is 263 g/mol. The van der Waals surface area contributed by atoms with Crippen molar-refractivity contribution in [3.63, 3.8) is 0 Å². The van der Waals surface area contributed by atoms with Crippen molar-refractivity contribution in [3.05, 3.63) is 0 Å². The lowest BCUT2D eigenvalue weighted by Crippen LogP contribution is -2.53. The number of rotatable bonds is 2. The van der Waals surface area contributed by atoms with Crippen LogP contribution in [0.3, 0.4) is 0 Å². The summed E-state index contributed by atoms with van der Waals surface area (Å²) in [6, 6.07) is 0. The van der Waals surface area contributed by atoms with Crippen molar-refractivity contribution in [1.29, 1.82) is 0 Å². The van der Waals surface area contributed by atoms with Gasteiger partial charge in [0.1, 0.15) is 0 Å². The van der Waals surface area contributed by atoms with Gasteiger partial charge in [-0.3, -0.25) is 0 Å². The van der Waals surface area contributed by atoms with Crippen LogP contribution in [0.1, 0.15) is 71.6 Å². The first-order valence-corrected chi connectivity index (χ1v) is 8.95. The van der Waals surface area contributed by atoms with Crippen molar-refractivity contribution in [2.24, 2.45) is 29.1 Å². The molecule has 1 saturated heterocycles. The third kappa shape index (κ3) is 2.48. The maximum atomic E-state index is 3.74. The van der Waals surface area contributed by atoms with Crippen molar-refractivity contribution < 1.29 is 0 Å². The third-order valence-electron chi connectivity index (χ3n) is 6.79. The molecule has 1 aliphatic heterocycles. The van der Waals surface area contributed by atoms with Crippen LogP contribution in [-0.2, 0) is 0 Å². The topological polar surface area (TPSA) is 12.0 Å². The lowest BCUT2D eigenvalue weighted by atomic mass is 9.52. The first-order chi connectivity index (χ1) is 9.24. The highest BCUT2D eigenvalue weighted by Crippen LogP contribution is 2.56. The number of hydrogen-bond acceptors (Lipinski definition) is 1. The minimum Gasteiger partial charge on any atom is -0.316 e. The summed E-state index contributed by atoms with van der Waals surface area (Å²) >= 11 is 0. The van der Waals surface area contributed by atoms with Crippen molar-refractivity contribution in [2.45, 2.75) is 71.6 Å². The lowest BCUT2D eigenvalue weighted by molar-refractivity contribution is -0.0499. The van der Waals surface area contributed by atoms with E-state index in [9.17, 15) is 0 Å². The van der Waals surface area contributed by atoms with E-state index in [-0.39, 0.29) is 0 Å². The number of nitrogens with one attached hydrogen (secondary N) is 1. The molecule has 0 bridgehead atoms. The van der Waals surface area contributed by atoms with Crippen LogP contribution in [0.15, 0.2) is 0 Å². The molecule has 19 heavy (non-hydrogen) atoms. The first-order valence-electron chi connectivity index (χ1n) is 8.95. The fourth-order valence-corrected chi connectivity index (χ4v) is 6.02. The second-order valence-electron chi connectivity index (χ2n) is 7.93. The Bertz CT molecular complexity index is 286. The SMILES string of the molecule is CC(C)C1CCCCC12CCNCC2C1CCCC1. The molecule has 110 valence electrons. The van der Waals surface area contributed by atoms with E-state index in [2.05, 4.69) is 19.2 Å². The summed E-state index contributed by atoms with van der Waals surface area (Å²) in [5.74, 6) is 3.94. The van der Waals surface area contributed by atoms with Crippen molar-refractivity contribution in [2.75, 3.05) is 13.1 Å². The zero-order valence-corrected chi connectivity index (χ0v) is 13.1. The van der Waals surface area contributed by atoms with Crippen LogP contribution < -0.4 is 5.32 Å². The van der Waals surface area contributed by atoms with Gasteiger partial charge < -0.3 is 5.32 Å². The Morgan fingerprint density at radius 3 is 2.42 bits per heavy atom. The van der Waals surface area contributed by atoms with Gasteiger partial charge in [0.25, 0.3) is 0 Å². The highest BCUT2D eigenvalue weighted by Gasteiger charge is 2.50. The van der Waals surface area contributed by atoms with E-state index in [0.717, 1.165) is 23.7 Å². The molecule has 0 amide bonds. The van der Waals surface area contributed by atoms with Gasteiger partial charge >= 0.3 is 0 Å². The molecule has 1 N–H and O–H groups in total. The number of piperidine rings is 1. The molecule has 1 heterocycles. The monoisotopic (exact) mass is 263 g/mol. The Hall–Kier alpha value is -0.0400. The van der Waals surface area contributed by atoms with Gasteiger partial charge in [0.2, 0.25) is 0 Å². The predicted molar refractivity (Wildman–Crippen MR) is 82.2 cm³/mol. The van der Waals surface area contributed by atoms with Crippen LogP contribution >= 0.6 is 0 Å². The average Bonchev–Trinajstić information content (AvgIpc) is 2.93. The van der Waals surface area contributed by atoms with E-state index in [1.807, 2.05) is 0 Å². The van der Waals surface area contributed by atoms with E-state index in [1.165, 1.54) is 64.5 Å². The molecule has 3 aliphatic rings. The fraction of sp³-hybridized carbons (Fsp3) is 1.00. The molecule has 3 rings (SSSR count). The van der Waals surface area contributed by atoms with Gasteiger partial charge in [-0.15, -0.1) is 0 Å². The molecule has 2 aliphatic carbocycles. The van der Waals surface area contributed by atoms with Gasteiger partial charge in [-0.25, -0.2) is 0 Å². The summed E-state index contributed by atoms with van der Waals surface area (Å²) < 4.78 is 0. The summed E-state index contributed by atoms with van der Waals surface area (Å²) in [5, 5.41) is 3.74. The summed E-state index contributed by atoms with van der Waals surface area (Å²) in [6.45, 7) is 7.59. The summed E-state index contributed by atoms with van der Waals surface area (Å²) in [4.78, 5) is 0. The standard InChI is InChI=1S/C18H33N/c1-14(2)16-9-5-6-10-18(16)11-12-19-13-17(18)15-7-3-4-8-15/h14-17,19H,3-13H2,1-2H3. The molecular formula is C18H33N. The Balaban J connectivity index is 1.86. The smallest absolute Gasteiger partial charge is 0.00124 e. The second kappa shape index (κ2) is 5.76. The Labute approximate surface area is 119 Å². The van der Waals surface area contributed by atoms with E-state index in [4.69, 9.17) is 0 Å². The summed E-state index contributed by atoms with van der Waals surface area (Å²) in [7, 11) is 0. The van der Waals surface area contributed by atoms with Gasteiger partial charge in [-0.05, 0) is 61.4 Å². The van der Waals surface area contributed by atoms with E-state index < -0.39 is 0 Å². The van der Waals surface area contributed by atoms with Gasteiger partial charge in [0.05, 0.1) is 0 Å². The van der Waals surface area contributed by atoms with Crippen LogP contribution in [0.2, 0.25) is 0 Å². The zero-order chi connectivity index (χ0) is 13.3. The third-order valence-corrected chi connectivity index (χ3v) is 6.79. The van der Waals surface area contributed by atoms with Gasteiger partial charge in [-0.2, -0.15) is 0 Å². The van der Waals surface area contributed by atoms with Gasteiger partial charge in [-0.1, -0.05) is 52.4 Å². The highest BCUT2D eigenvalue weighted by molar-refractivity contribution is 5.01. The minimum absolute atomic E-state index is 0.715. The Morgan fingerprint density at radius 2 is 1.68 bits per heavy atom. The fourth-order valence-electron chi connectivity index (χ4n) is 6.02. The molecule has 1 heteroatoms. The highest BCUT2D eigenvalue weighted by atomic mass is 14.9. The predicted octanol–water partition coefficient (Wildman–Crippen LogP) is 4.62. The maximum absolute atomic E-state index is 3.74. The molecule has 3 atom stereocenters. The largest absolute Gasteiger partial charge is 0.316 e. The molecule has 1 nitrogen and oxygen atoms in total. The Kier molecular flexibility index (Phi) is 4.22. The molecule has 1 spiro atoms. The molecule has 0 radical (unpaired) electrons. The molecule has 2 saturated carbocycles. The molecule has 3 fully saturated rings. The van der Waals surface area contributed by atoms with Crippen LogP contribution in [0.4, 0.5) is 0 Å².